The van der Waals surface area contributed by atoms with E-state index in [1.165, 1.54) is 0 Å². The summed E-state index contributed by atoms with van der Waals surface area (Å²) in [6.07, 6.45) is 4.97. The van der Waals surface area contributed by atoms with Crippen LogP contribution in [-0.4, -0.2) is 31.2 Å². The summed E-state index contributed by atoms with van der Waals surface area (Å²) in [7, 11) is 1.76. The minimum absolute atomic E-state index is 0.0695. The highest BCUT2D eigenvalue weighted by atomic mass is 16.6. The Kier molecular flexibility index (Phi) is 4.99. The monoisotopic (exact) mass is 377 g/mol. The number of carbonyl (C=O) groups is 2. The first-order valence-corrected chi connectivity index (χ1v) is 10.2. The molecule has 0 heterocycles. The van der Waals surface area contributed by atoms with E-state index < -0.39 is 17.6 Å². The van der Waals surface area contributed by atoms with Gasteiger partial charge in [0.25, 0.3) is 0 Å². The molecule has 5 heteroatoms. The van der Waals surface area contributed by atoms with Crippen LogP contribution in [-0.2, 0) is 14.3 Å². The van der Waals surface area contributed by atoms with Gasteiger partial charge in [0.2, 0.25) is 0 Å². The summed E-state index contributed by atoms with van der Waals surface area (Å²) in [5, 5.41) is 0. The van der Waals surface area contributed by atoms with Gasteiger partial charge in [-0.3, -0.25) is 4.79 Å². The Bertz CT molecular complexity index is 648. The van der Waals surface area contributed by atoms with E-state index in [9.17, 15) is 9.59 Å². The summed E-state index contributed by atoms with van der Waals surface area (Å²) in [6, 6.07) is 0. The Balaban J connectivity index is 2.24. The van der Waals surface area contributed by atoms with Gasteiger partial charge in [-0.25, -0.2) is 4.79 Å². The molecule has 3 saturated carbocycles. The minimum atomic E-state index is -0.774. The van der Waals surface area contributed by atoms with Crippen LogP contribution in [0.15, 0.2) is 12.7 Å². The Morgan fingerprint density at radius 1 is 1.26 bits per heavy atom. The van der Waals surface area contributed by atoms with Crippen LogP contribution in [0, 0.1) is 34.0 Å². The van der Waals surface area contributed by atoms with E-state index in [1.807, 2.05) is 6.92 Å². The van der Waals surface area contributed by atoms with Crippen molar-refractivity contribution in [2.75, 3.05) is 7.11 Å². The maximum absolute atomic E-state index is 13.6. The predicted molar refractivity (Wildman–Crippen MR) is 104 cm³/mol. The van der Waals surface area contributed by atoms with Crippen LogP contribution in [0.4, 0.5) is 4.79 Å². The molecule has 0 aromatic rings. The van der Waals surface area contributed by atoms with Crippen molar-refractivity contribution in [3.8, 4) is 0 Å². The molecule has 1 amide bonds. The first-order valence-electron chi connectivity index (χ1n) is 10.2. The van der Waals surface area contributed by atoms with Crippen molar-refractivity contribution >= 4 is 11.9 Å². The molecule has 0 radical (unpaired) electrons. The molecule has 0 unspecified atom stereocenters. The number of carbonyl (C=O) groups excluding carboxylic acids is 2. The smallest absolute Gasteiger partial charge is 0.404 e. The van der Waals surface area contributed by atoms with Gasteiger partial charge in [0.1, 0.15) is 11.9 Å². The van der Waals surface area contributed by atoms with Gasteiger partial charge in [-0.15, -0.1) is 6.58 Å². The Morgan fingerprint density at radius 3 is 2.44 bits per heavy atom. The Labute approximate surface area is 163 Å². The lowest BCUT2D eigenvalue weighted by molar-refractivity contribution is -0.188. The number of nitrogens with two attached hydrogens (primary N) is 1. The van der Waals surface area contributed by atoms with Gasteiger partial charge in [-0.05, 0) is 43.9 Å². The number of hydrogen-bond donors (Lipinski definition) is 1. The highest BCUT2D eigenvalue weighted by Gasteiger charge is 2.68. The number of primary amides is 1. The zero-order valence-corrected chi connectivity index (χ0v) is 17.4. The summed E-state index contributed by atoms with van der Waals surface area (Å²) in [6.45, 7) is 12.5. The van der Waals surface area contributed by atoms with Gasteiger partial charge >= 0.3 is 6.09 Å². The SMILES string of the molecule is C=C[C@]1(C)C[C@@H](OC(N)=O)[C@]2(C)[C@H](C)CC[C@]3(CC[C@@H](OC)[C@H]32)[C@@H](C)C1=O. The molecule has 2 N–H and O–H groups in total. The number of allylic oxidation sites excluding steroid dienone is 1. The normalized spacial score (nSPS) is 49.7. The maximum Gasteiger partial charge on any atom is 0.404 e. The van der Waals surface area contributed by atoms with Gasteiger partial charge in [0, 0.05) is 36.2 Å². The van der Waals surface area contributed by atoms with Crippen molar-refractivity contribution in [3.05, 3.63) is 12.7 Å². The van der Waals surface area contributed by atoms with E-state index in [-0.39, 0.29) is 34.6 Å². The molecule has 0 aliphatic heterocycles. The first kappa shape index (κ1) is 20.4. The zero-order valence-electron chi connectivity index (χ0n) is 17.4. The van der Waals surface area contributed by atoms with Gasteiger partial charge in [0.15, 0.2) is 0 Å². The lowest BCUT2D eigenvalue weighted by Gasteiger charge is -2.61. The topological polar surface area (TPSA) is 78.6 Å². The van der Waals surface area contributed by atoms with E-state index in [1.54, 1.807) is 13.2 Å². The molecule has 3 aliphatic carbocycles. The van der Waals surface area contributed by atoms with E-state index >= 15 is 0 Å². The fourth-order valence-corrected chi connectivity index (χ4v) is 6.93. The van der Waals surface area contributed by atoms with Crippen LogP contribution in [0.25, 0.3) is 0 Å². The van der Waals surface area contributed by atoms with Crippen molar-refractivity contribution < 1.29 is 19.1 Å². The van der Waals surface area contributed by atoms with Crippen LogP contribution in [0.2, 0.25) is 0 Å². The molecular weight excluding hydrogens is 342 g/mol. The van der Waals surface area contributed by atoms with E-state index in [4.69, 9.17) is 15.2 Å². The number of amides is 1. The fraction of sp³-hybridized carbons (Fsp3) is 0.818. The van der Waals surface area contributed by atoms with Gasteiger partial charge in [-0.1, -0.05) is 26.8 Å². The van der Waals surface area contributed by atoms with Gasteiger partial charge in [0.05, 0.1) is 6.10 Å². The van der Waals surface area contributed by atoms with Crippen molar-refractivity contribution in [2.45, 2.75) is 72.0 Å². The molecule has 3 fully saturated rings. The molecule has 2 bridgehead atoms. The highest BCUT2D eigenvalue weighted by molar-refractivity contribution is 5.89. The molecule has 0 spiro atoms. The summed E-state index contributed by atoms with van der Waals surface area (Å²) < 4.78 is 11.7. The summed E-state index contributed by atoms with van der Waals surface area (Å²) in [4.78, 5) is 25.4. The second kappa shape index (κ2) is 6.61. The van der Waals surface area contributed by atoms with Crippen LogP contribution in [0.1, 0.15) is 59.8 Å². The van der Waals surface area contributed by atoms with Crippen molar-refractivity contribution in [1.82, 2.24) is 0 Å². The van der Waals surface area contributed by atoms with E-state index in [0.29, 0.717) is 12.3 Å². The van der Waals surface area contributed by atoms with Crippen LogP contribution < -0.4 is 5.73 Å². The van der Waals surface area contributed by atoms with E-state index in [0.717, 1.165) is 25.7 Å². The minimum Gasteiger partial charge on any atom is -0.446 e. The molecular formula is C22H35NO4. The fourth-order valence-electron chi connectivity index (χ4n) is 6.93. The van der Waals surface area contributed by atoms with Crippen molar-refractivity contribution in [1.29, 1.82) is 0 Å². The van der Waals surface area contributed by atoms with Crippen LogP contribution >= 0.6 is 0 Å². The lowest BCUT2D eigenvalue weighted by Crippen LogP contribution is -2.63. The lowest BCUT2D eigenvalue weighted by atomic mass is 9.44. The second-order valence-corrected chi connectivity index (χ2v) is 9.67. The van der Waals surface area contributed by atoms with Gasteiger partial charge in [-0.2, -0.15) is 0 Å². The number of hydrogen-bond acceptors (Lipinski definition) is 4. The molecule has 0 aromatic heterocycles. The zero-order chi connectivity index (χ0) is 20.2. The van der Waals surface area contributed by atoms with Crippen LogP contribution in [0.3, 0.4) is 0 Å². The molecule has 8 atom stereocenters. The third-order valence-electron chi connectivity index (χ3n) is 8.79. The quantitative estimate of drug-likeness (QED) is 0.751. The largest absolute Gasteiger partial charge is 0.446 e. The average Bonchev–Trinajstić information content (AvgIpc) is 3.02. The third-order valence-corrected chi connectivity index (χ3v) is 8.79. The van der Waals surface area contributed by atoms with Crippen molar-refractivity contribution in [3.63, 3.8) is 0 Å². The maximum atomic E-state index is 13.6. The summed E-state index contributed by atoms with van der Waals surface area (Å²) >= 11 is 0. The highest BCUT2D eigenvalue weighted by Crippen LogP contribution is 2.68. The second-order valence-electron chi connectivity index (χ2n) is 9.67. The van der Waals surface area contributed by atoms with Crippen LogP contribution in [0.5, 0.6) is 0 Å². The van der Waals surface area contributed by atoms with E-state index in [2.05, 4.69) is 27.4 Å². The number of Topliss-reactive ketones (excluding diaryl/α,β-unsaturated/α-hetero) is 1. The molecule has 152 valence electrons. The van der Waals surface area contributed by atoms with Gasteiger partial charge < -0.3 is 15.2 Å². The Hall–Kier alpha value is -1.36. The number of rotatable bonds is 3. The first-order chi connectivity index (χ1) is 12.6. The van der Waals surface area contributed by atoms with Crippen molar-refractivity contribution in [2.24, 2.45) is 39.7 Å². The molecule has 0 aromatic carbocycles. The standard InChI is InChI=1S/C22H35NO4/c1-7-20(4)12-16(27-19(23)25)21(5)13(2)8-10-22(14(3)18(20)24)11-9-15(26-6)17(21)22/h7,13-17H,1,8-12H2,2-6H3,(H2,23,25)/t13-,14+,15-,16-,17+,20-,21+,22+/m1/s1. The molecule has 0 saturated heterocycles. The molecule has 3 aliphatic rings. The molecule has 3 rings (SSSR count). The Morgan fingerprint density at radius 2 is 1.89 bits per heavy atom. The third kappa shape index (κ3) is 2.68. The molecule has 5 nitrogen and oxygen atoms in total. The number of methoxy groups -OCH3 is 1. The number of ether oxygens (including phenoxy) is 2. The average molecular weight is 378 g/mol. The predicted octanol–water partition coefficient (Wildman–Crippen LogP) is 4.10. The molecule has 27 heavy (non-hydrogen) atoms. The number of ketones is 1. The summed E-state index contributed by atoms with van der Waals surface area (Å²) in [5.74, 6) is 0.627. The summed E-state index contributed by atoms with van der Waals surface area (Å²) in [5.41, 5.74) is 4.32.